The van der Waals surface area contributed by atoms with Crippen LogP contribution < -0.4 is 15.4 Å². The van der Waals surface area contributed by atoms with Crippen LogP contribution in [0.3, 0.4) is 0 Å². The first-order chi connectivity index (χ1) is 13.7. The molecule has 29 heavy (non-hydrogen) atoms. The topological polar surface area (TPSA) is 59.6 Å². The van der Waals surface area contributed by atoms with Gasteiger partial charge in [-0.2, -0.15) is 0 Å². The second-order valence-electron chi connectivity index (χ2n) is 8.69. The van der Waals surface area contributed by atoms with Crippen molar-refractivity contribution in [1.29, 1.82) is 0 Å². The Kier molecular flexibility index (Phi) is 6.36. The van der Waals surface area contributed by atoms with Gasteiger partial charge < -0.3 is 14.8 Å². The van der Waals surface area contributed by atoms with E-state index in [0.29, 0.717) is 17.4 Å². The van der Waals surface area contributed by atoms with Gasteiger partial charge in [-0.05, 0) is 69.9 Å². The van der Waals surface area contributed by atoms with E-state index in [1.807, 2.05) is 45.9 Å². The van der Waals surface area contributed by atoms with Gasteiger partial charge in [0.25, 0.3) is 0 Å². The zero-order valence-corrected chi connectivity index (χ0v) is 18.0. The van der Waals surface area contributed by atoms with E-state index in [1.54, 1.807) is 0 Å². The molecule has 0 saturated carbocycles. The van der Waals surface area contributed by atoms with Gasteiger partial charge in [0.1, 0.15) is 17.5 Å². The molecule has 5 nitrogen and oxygen atoms in total. The van der Waals surface area contributed by atoms with Crippen molar-refractivity contribution in [2.75, 3.05) is 17.2 Å². The van der Waals surface area contributed by atoms with Crippen LogP contribution >= 0.6 is 0 Å². The van der Waals surface area contributed by atoms with Gasteiger partial charge in [-0.25, -0.2) is 4.79 Å². The molecule has 0 bridgehead atoms. The van der Waals surface area contributed by atoms with Crippen LogP contribution in [0.4, 0.5) is 16.2 Å². The van der Waals surface area contributed by atoms with Crippen LogP contribution in [-0.4, -0.2) is 24.3 Å². The van der Waals surface area contributed by atoms with E-state index in [4.69, 9.17) is 9.47 Å². The number of rotatable bonds is 5. The minimum absolute atomic E-state index is 0.0396. The van der Waals surface area contributed by atoms with Crippen LogP contribution in [0.25, 0.3) is 0 Å². The molecular weight excluding hydrogens is 364 g/mol. The molecule has 1 heterocycles. The van der Waals surface area contributed by atoms with E-state index in [0.717, 1.165) is 24.9 Å². The highest BCUT2D eigenvalue weighted by atomic mass is 16.6. The summed E-state index contributed by atoms with van der Waals surface area (Å²) in [6.07, 6.45) is 1.42. The number of nitrogens with one attached hydrogen (secondary N) is 2. The first-order valence-corrected chi connectivity index (χ1v) is 10.3. The summed E-state index contributed by atoms with van der Waals surface area (Å²) in [5, 5.41) is 6.38. The molecule has 1 amide bonds. The molecule has 5 heteroatoms. The maximum Gasteiger partial charge on any atom is 0.412 e. The second kappa shape index (κ2) is 8.76. The second-order valence-corrected chi connectivity index (χ2v) is 8.69. The van der Waals surface area contributed by atoms with Crippen molar-refractivity contribution in [3.8, 4) is 5.75 Å². The van der Waals surface area contributed by atoms with Gasteiger partial charge in [0.15, 0.2) is 0 Å². The van der Waals surface area contributed by atoms with Crippen LogP contribution in [0.2, 0.25) is 0 Å². The van der Waals surface area contributed by atoms with Crippen LogP contribution in [0.15, 0.2) is 42.5 Å². The van der Waals surface area contributed by atoms with Gasteiger partial charge in [-0.15, -0.1) is 0 Å². The SMILES string of the molecule is CCC(Oc1ccc(C)cc1NC(=O)OC(C)(C)C)C1CNc2ccccc2C1. The number of ether oxygens (including phenoxy) is 2. The van der Waals surface area contributed by atoms with Crippen molar-refractivity contribution in [3.63, 3.8) is 0 Å². The summed E-state index contributed by atoms with van der Waals surface area (Å²) in [6, 6.07) is 14.3. The molecule has 3 rings (SSSR count). The highest BCUT2D eigenvalue weighted by Gasteiger charge is 2.27. The quantitative estimate of drug-likeness (QED) is 0.672. The van der Waals surface area contributed by atoms with Crippen molar-refractivity contribution in [3.05, 3.63) is 53.6 Å². The molecule has 2 aromatic rings. The number of carbonyl (C=O) groups excluding carboxylic acids is 1. The van der Waals surface area contributed by atoms with Gasteiger partial charge >= 0.3 is 6.09 Å². The Hall–Kier alpha value is -2.69. The van der Waals surface area contributed by atoms with E-state index in [1.165, 1.54) is 11.3 Å². The summed E-state index contributed by atoms with van der Waals surface area (Å²) < 4.78 is 11.8. The Labute approximate surface area is 173 Å². The summed E-state index contributed by atoms with van der Waals surface area (Å²) in [5.74, 6) is 1.03. The highest BCUT2D eigenvalue weighted by Crippen LogP contribution is 2.32. The number of aryl methyl sites for hydroxylation is 1. The largest absolute Gasteiger partial charge is 0.488 e. The van der Waals surface area contributed by atoms with E-state index >= 15 is 0 Å². The molecular formula is C24H32N2O3. The zero-order chi connectivity index (χ0) is 21.0. The summed E-state index contributed by atoms with van der Waals surface area (Å²) in [4.78, 5) is 12.3. The van der Waals surface area contributed by atoms with Crippen molar-refractivity contribution in [2.24, 2.45) is 5.92 Å². The molecule has 2 unspecified atom stereocenters. The number of para-hydroxylation sites is 1. The van der Waals surface area contributed by atoms with E-state index < -0.39 is 11.7 Å². The van der Waals surface area contributed by atoms with Gasteiger partial charge in [0.05, 0.1) is 5.69 Å². The summed E-state index contributed by atoms with van der Waals surface area (Å²) in [5.41, 5.74) is 3.66. The molecule has 156 valence electrons. The third-order valence-electron chi connectivity index (χ3n) is 5.03. The first-order valence-electron chi connectivity index (χ1n) is 10.3. The van der Waals surface area contributed by atoms with E-state index in [-0.39, 0.29) is 6.10 Å². The minimum atomic E-state index is -0.554. The Bertz CT molecular complexity index is 857. The summed E-state index contributed by atoms with van der Waals surface area (Å²) >= 11 is 0. The number of fused-ring (bicyclic) bond motifs is 1. The molecule has 0 aliphatic carbocycles. The molecule has 2 aromatic carbocycles. The number of benzene rings is 2. The fourth-order valence-electron chi connectivity index (χ4n) is 3.66. The smallest absolute Gasteiger partial charge is 0.412 e. The van der Waals surface area contributed by atoms with Gasteiger partial charge in [-0.3, -0.25) is 5.32 Å². The fourth-order valence-corrected chi connectivity index (χ4v) is 3.66. The molecule has 0 saturated heterocycles. The molecule has 0 spiro atoms. The average Bonchev–Trinajstić information content (AvgIpc) is 2.65. The normalized spacial score (nSPS) is 16.9. The third-order valence-corrected chi connectivity index (χ3v) is 5.03. The van der Waals surface area contributed by atoms with Gasteiger partial charge in [0, 0.05) is 18.2 Å². The van der Waals surface area contributed by atoms with Crippen molar-refractivity contribution >= 4 is 17.5 Å². The van der Waals surface area contributed by atoms with Crippen molar-refractivity contribution in [2.45, 2.75) is 59.2 Å². The molecule has 2 N–H and O–H groups in total. The monoisotopic (exact) mass is 396 g/mol. The molecule has 0 aromatic heterocycles. The Morgan fingerprint density at radius 1 is 1.24 bits per heavy atom. The molecule has 0 radical (unpaired) electrons. The maximum atomic E-state index is 12.3. The number of anilines is 2. The average molecular weight is 397 g/mol. The van der Waals surface area contributed by atoms with E-state index in [2.05, 4.69) is 41.8 Å². The highest BCUT2D eigenvalue weighted by molar-refractivity contribution is 5.87. The lowest BCUT2D eigenvalue weighted by atomic mass is 9.88. The van der Waals surface area contributed by atoms with Crippen molar-refractivity contribution in [1.82, 2.24) is 0 Å². The third kappa shape index (κ3) is 5.66. The number of hydrogen-bond acceptors (Lipinski definition) is 4. The standard InChI is InChI=1S/C24H32N2O3/c1-6-21(18-14-17-9-7-8-10-19(17)25-15-18)28-22-12-11-16(2)13-20(22)26-23(27)29-24(3,4)5/h7-13,18,21,25H,6,14-15H2,1-5H3,(H,26,27). The molecule has 1 aliphatic rings. The van der Waals surface area contributed by atoms with Crippen LogP contribution in [0.1, 0.15) is 45.2 Å². The molecule has 1 aliphatic heterocycles. The first kappa shape index (κ1) is 21.0. The molecule has 2 atom stereocenters. The van der Waals surface area contributed by atoms with Crippen molar-refractivity contribution < 1.29 is 14.3 Å². The van der Waals surface area contributed by atoms with Crippen LogP contribution in [-0.2, 0) is 11.2 Å². The van der Waals surface area contributed by atoms with Crippen LogP contribution in [0, 0.1) is 12.8 Å². The molecule has 0 fully saturated rings. The van der Waals surface area contributed by atoms with Gasteiger partial charge in [-0.1, -0.05) is 31.2 Å². The fraction of sp³-hybridized carbons (Fsp3) is 0.458. The number of carbonyl (C=O) groups is 1. The summed E-state index contributed by atoms with van der Waals surface area (Å²) in [6.45, 7) is 10.5. The number of hydrogen-bond donors (Lipinski definition) is 2. The maximum absolute atomic E-state index is 12.3. The zero-order valence-electron chi connectivity index (χ0n) is 18.0. The lowest BCUT2D eigenvalue weighted by molar-refractivity contribution is 0.0634. The Balaban J connectivity index is 1.75. The number of amides is 1. The predicted octanol–water partition coefficient (Wildman–Crippen LogP) is 5.78. The van der Waals surface area contributed by atoms with Gasteiger partial charge in [0.2, 0.25) is 0 Å². The predicted molar refractivity (Wildman–Crippen MR) is 118 cm³/mol. The Morgan fingerprint density at radius 2 is 2.00 bits per heavy atom. The lowest BCUT2D eigenvalue weighted by Gasteiger charge is -2.32. The minimum Gasteiger partial charge on any atom is -0.488 e. The lowest BCUT2D eigenvalue weighted by Crippen LogP contribution is -2.36. The summed E-state index contributed by atoms with van der Waals surface area (Å²) in [7, 11) is 0. The van der Waals surface area contributed by atoms with Crippen LogP contribution in [0.5, 0.6) is 5.75 Å². The van der Waals surface area contributed by atoms with E-state index in [9.17, 15) is 4.79 Å². The Morgan fingerprint density at radius 3 is 2.72 bits per heavy atom.